The average Bonchev–Trinajstić information content (AvgIpc) is 2.55. The van der Waals surface area contributed by atoms with Gasteiger partial charge >= 0.3 is 0 Å². The molecular weight excluding hydrogens is 262 g/mol. The van der Waals surface area contributed by atoms with Crippen LogP contribution in [0.25, 0.3) is 11.1 Å². The summed E-state index contributed by atoms with van der Waals surface area (Å²) in [6.45, 7) is 3.29. The van der Waals surface area contributed by atoms with E-state index in [1.807, 2.05) is 36.4 Å². The minimum atomic E-state index is 0.712. The summed E-state index contributed by atoms with van der Waals surface area (Å²) < 4.78 is 10.9. The summed E-state index contributed by atoms with van der Waals surface area (Å²) in [6, 6.07) is 18.5. The fourth-order valence-electron chi connectivity index (χ4n) is 2.13. The molecule has 0 fully saturated rings. The quantitative estimate of drug-likeness (QED) is 0.717. The number of benzene rings is 2. The smallest absolute Gasteiger partial charge is 0.127 e. The minimum Gasteiger partial charge on any atom is -0.493 e. The lowest BCUT2D eigenvalue weighted by molar-refractivity contribution is 0.198. The van der Waals surface area contributed by atoms with Crippen LogP contribution in [0.5, 0.6) is 5.75 Å². The van der Waals surface area contributed by atoms with Gasteiger partial charge in [0.1, 0.15) is 5.75 Å². The maximum Gasteiger partial charge on any atom is 0.127 e. The molecule has 0 spiro atoms. The molecule has 2 aromatic rings. The van der Waals surface area contributed by atoms with Gasteiger partial charge in [0.15, 0.2) is 0 Å². The number of hydrogen-bond acceptors (Lipinski definition) is 3. The van der Waals surface area contributed by atoms with Crippen molar-refractivity contribution in [2.75, 3.05) is 33.4 Å². The van der Waals surface area contributed by atoms with E-state index in [9.17, 15) is 0 Å². The second-order valence-electron chi connectivity index (χ2n) is 4.81. The zero-order valence-electron chi connectivity index (χ0n) is 12.5. The molecule has 112 valence electrons. The second-order valence-corrected chi connectivity index (χ2v) is 4.81. The van der Waals surface area contributed by atoms with Gasteiger partial charge in [-0.25, -0.2) is 0 Å². The van der Waals surface area contributed by atoms with Crippen molar-refractivity contribution in [3.63, 3.8) is 0 Å². The van der Waals surface area contributed by atoms with Gasteiger partial charge in [0, 0.05) is 19.2 Å². The molecule has 2 rings (SSSR count). The highest BCUT2D eigenvalue weighted by molar-refractivity contribution is 5.70. The number of para-hydroxylation sites is 1. The van der Waals surface area contributed by atoms with Gasteiger partial charge in [0.05, 0.1) is 13.2 Å². The van der Waals surface area contributed by atoms with Crippen molar-refractivity contribution in [1.82, 2.24) is 5.32 Å². The summed E-state index contributed by atoms with van der Waals surface area (Å²) in [5.41, 5.74) is 2.33. The van der Waals surface area contributed by atoms with Crippen molar-refractivity contribution in [3.8, 4) is 16.9 Å². The molecule has 3 nitrogen and oxygen atoms in total. The fourth-order valence-corrected chi connectivity index (χ4v) is 2.13. The predicted molar refractivity (Wildman–Crippen MR) is 86.7 cm³/mol. The number of rotatable bonds is 9. The Bertz CT molecular complexity index is 514. The molecule has 0 aliphatic heterocycles. The van der Waals surface area contributed by atoms with Gasteiger partial charge in [-0.3, -0.25) is 0 Å². The number of hydrogen-bond donors (Lipinski definition) is 1. The number of ether oxygens (including phenoxy) is 2. The first-order chi connectivity index (χ1) is 10.4. The zero-order chi connectivity index (χ0) is 14.8. The lowest BCUT2D eigenvalue weighted by Crippen LogP contribution is -2.21. The van der Waals surface area contributed by atoms with E-state index in [1.165, 1.54) is 5.56 Å². The van der Waals surface area contributed by atoms with E-state index in [2.05, 4.69) is 23.5 Å². The molecule has 0 amide bonds. The highest BCUT2D eigenvalue weighted by Crippen LogP contribution is 2.29. The zero-order valence-corrected chi connectivity index (χ0v) is 12.5. The van der Waals surface area contributed by atoms with Crippen LogP contribution in [0.3, 0.4) is 0 Å². The monoisotopic (exact) mass is 285 g/mol. The molecule has 1 N–H and O–H groups in total. The summed E-state index contributed by atoms with van der Waals surface area (Å²) in [5.74, 6) is 0.945. The van der Waals surface area contributed by atoms with Crippen LogP contribution in [0.2, 0.25) is 0 Å². The standard InChI is InChI=1S/C18H23NO2/c1-20-15-13-19-12-7-14-21-18-11-6-5-10-17(18)16-8-3-2-4-9-16/h2-6,8-11,19H,7,12-15H2,1H3. The molecule has 0 bridgehead atoms. The van der Waals surface area contributed by atoms with Gasteiger partial charge in [-0.15, -0.1) is 0 Å². The maximum atomic E-state index is 5.93. The van der Waals surface area contributed by atoms with Crippen molar-refractivity contribution in [1.29, 1.82) is 0 Å². The Kier molecular flexibility index (Phi) is 6.78. The lowest BCUT2D eigenvalue weighted by Gasteiger charge is -2.12. The minimum absolute atomic E-state index is 0.712. The Morgan fingerprint density at radius 1 is 0.857 bits per heavy atom. The Balaban J connectivity index is 1.84. The number of nitrogens with one attached hydrogen (secondary N) is 1. The van der Waals surface area contributed by atoms with E-state index in [0.717, 1.165) is 37.4 Å². The van der Waals surface area contributed by atoms with Gasteiger partial charge in [-0.05, 0) is 24.6 Å². The van der Waals surface area contributed by atoms with Crippen LogP contribution in [0, 0.1) is 0 Å². The third-order valence-corrected chi connectivity index (χ3v) is 3.21. The van der Waals surface area contributed by atoms with Gasteiger partial charge in [-0.2, -0.15) is 0 Å². The molecule has 2 aromatic carbocycles. The average molecular weight is 285 g/mol. The molecule has 0 heterocycles. The largest absolute Gasteiger partial charge is 0.493 e. The van der Waals surface area contributed by atoms with Crippen molar-refractivity contribution >= 4 is 0 Å². The Morgan fingerprint density at radius 2 is 1.62 bits per heavy atom. The molecule has 0 aromatic heterocycles. The fraction of sp³-hybridized carbons (Fsp3) is 0.333. The van der Waals surface area contributed by atoms with E-state index >= 15 is 0 Å². The molecule has 0 saturated carbocycles. The molecule has 0 radical (unpaired) electrons. The lowest BCUT2D eigenvalue weighted by atomic mass is 10.1. The van der Waals surface area contributed by atoms with Crippen LogP contribution < -0.4 is 10.1 Å². The van der Waals surface area contributed by atoms with Crippen LogP contribution in [-0.4, -0.2) is 33.4 Å². The molecular formula is C18H23NO2. The van der Waals surface area contributed by atoms with Gasteiger partial charge in [-0.1, -0.05) is 48.5 Å². The predicted octanol–water partition coefficient (Wildman–Crippen LogP) is 3.36. The Hall–Kier alpha value is -1.84. The maximum absolute atomic E-state index is 5.93. The molecule has 0 saturated heterocycles. The normalized spacial score (nSPS) is 10.5. The summed E-state index contributed by atoms with van der Waals surface area (Å²) in [4.78, 5) is 0. The SMILES string of the molecule is COCCNCCCOc1ccccc1-c1ccccc1. The topological polar surface area (TPSA) is 30.5 Å². The van der Waals surface area contributed by atoms with E-state index < -0.39 is 0 Å². The summed E-state index contributed by atoms with van der Waals surface area (Å²) in [5, 5.41) is 3.31. The third kappa shape index (κ3) is 5.21. The van der Waals surface area contributed by atoms with Crippen LogP contribution >= 0.6 is 0 Å². The van der Waals surface area contributed by atoms with Gasteiger partial charge in [0.25, 0.3) is 0 Å². The first kappa shape index (κ1) is 15.5. The first-order valence-corrected chi connectivity index (χ1v) is 7.38. The van der Waals surface area contributed by atoms with E-state index in [4.69, 9.17) is 9.47 Å². The molecule has 3 heteroatoms. The molecule has 0 aliphatic rings. The molecule has 21 heavy (non-hydrogen) atoms. The highest BCUT2D eigenvalue weighted by Gasteiger charge is 2.04. The summed E-state index contributed by atoms with van der Waals surface area (Å²) in [7, 11) is 1.71. The second kappa shape index (κ2) is 9.16. The van der Waals surface area contributed by atoms with Crippen molar-refractivity contribution < 1.29 is 9.47 Å². The molecule has 0 atom stereocenters. The van der Waals surface area contributed by atoms with Crippen LogP contribution in [0.4, 0.5) is 0 Å². The Labute approximate surface area is 126 Å². The van der Waals surface area contributed by atoms with Crippen molar-refractivity contribution in [2.24, 2.45) is 0 Å². The van der Waals surface area contributed by atoms with Crippen LogP contribution in [-0.2, 0) is 4.74 Å². The third-order valence-electron chi connectivity index (χ3n) is 3.21. The van der Waals surface area contributed by atoms with Gasteiger partial charge in [0.2, 0.25) is 0 Å². The van der Waals surface area contributed by atoms with Crippen LogP contribution in [0.1, 0.15) is 6.42 Å². The van der Waals surface area contributed by atoms with E-state index in [-0.39, 0.29) is 0 Å². The van der Waals surface area contributed by atoms with Gasteiger partial charge < -0.3 is 14.8 Å². The van der Waals surface area contributed by atoms with Crippen LogP contribution in [0.15, 0.2) is 54.6 Å². The first-order valence-electron chi connectivity index (χ1n) is 7.38. The number of methoxy groups -OCH3 is 1. The van der Waals surface area contributed by atoms with E-state index in [0.29, 0.717) is 6.61 Å². The highest BCUT2D eigenvalue weighted by atomic mass is 16.5. The molecule has 0 aliphatic carbocycles. The summed E-state index contributed by atoms with van der Waals surface area (Å²) in [6.07, 6.45) is 0.979. The Morgan fingerprint density at radius 3 is 2.43 bits per heavy atom. The van der Waals surface area contributed by atoms with E-state index in [1.54, 1.807) is 7.11 Å². The van der Waals surface area contributed by atoms with Crippen molar-refractivity contribution in [3.05, 3.63) is 54.6 Å². The molecule has 0 unspecified atom stereocenters. The summed E-state index contributed by atoms with van der Waals surface area (Å²) >= 11 is 0. The van der Waals surface area contributed by atoms with Crippen molar-refractivity contribution in [2.45, 2.75) is 6.42 Å².